The Kier molecular flexibility index (Phi) is 5.05. The summed E-state index contributed by atoms with van der Waals surface area (Å²) in [4.78, 5) is 12.2. The fourth-order valence-corrected chi connectivity index (χ4v) is 2.35. The second-order valence-corrected chi connectivity index (χ2v) is 5.11. The molecular formula is C18H19NO5. The second-order valence-electron chi connectivity index (χ2n) is 5.11. The van der Waals surface area contributed by atoms with Gasteiger partial charge >= 0.3 is 0 Å². The normalized spacial score (nSPS) is 12.4. The monoisotopic (exact) mass is 329 g/mol. The lowest BCUT2D eigenvalue weighted by Crippen LogP contribution is -2.28. The maximum atomic E-state index is 12.2. The van der Waals surface area contributed by atoms with Gasteiger partial charge in [-0.2, -0.15) is 0 Å². The highest BCUT2D eigenvalue weighted by molar-refractivity contribution is 5.94. The van der Waals surface area contributed by atoms with E-state index in [0.717, 1.165) is 0 Å². The first-order valence-electron chi connectivity index (χ1n) is 7.71. The van der Waals surface area contributed by atoms with Crippen LogP contribution < -0.4 is 24.3 Å². The van der Waals surface area contributed by atoms with E-state index in [4.69, 9.17) is 18.9 Å². The number of carbonyl (C=O) groups excluding carboxylic acids is 1. The molecule has 1 N–H and O–H groups in total. The third-order valence-corrected chi connectivity index (χ3v) is 3.52. The average molecular weight is 329 g/mol. The van der Waals surface area contributed by atoms with Crippen LogP contribution in [0, 0.1) is 0 Å². The lowest BCUT2D eigenvalue weighted by Gasteiger charge is -2.18. The number of hydrogen-bond acceptors (Lipinski definition) is 5. The molecule has 1 amide bonds. The number of nitrogens with one attached hydrogen (secondary N) is 1. The van der Waals surface area contributed by atoms with Crippen LogP contribution in [0.2, 0.25) is 0 Å². The van der Waals surface area contributed by atoms with Gasteiger partial charge in [-0.3, -0.25) is 4.79 Å². The SMILES string of the molecule is COc1ccccc1OCCNC(=O)c1ccc2c(c1)OCCO2. The molecule has 0 bridgehead atoms. The van der Waals surface area contributed by atoms with Gasteiger partial charge in [-0.25, -0.2) is 0 Å². The third kappa shape index (κ3) is 3.71. The van der Waals surface area contributed by atoms with Crippen LogP contribution in [-0.4, -0.2) is 39.4 Å². The first kappa shape index (κ1) is 16.0. The number of rotatable bonds is 6. The molecule has 0 fully saturated rings. The first-order chi connectivity index (χ1) is 11.8. The summed E-state index contributed by atoms with van der Waals surface area (Å²) in [6.07, 6.45) is 0. The summed E-state index contributed by atoms with van der Waals surface area (Å²) < 4.78 is 21.7. The Morgan fingerprint density at radius 2 is 1.83 bits per heavy atom. The molecule has 0 aliphatic carbocycles. The standard InChI is InChI=1S/C18H19NO5/c1-21-14-4-2-3-5-15(14)22-9-8-19-18(20)13-6-7-16-17(12-13)24-11-10-23-16/h2-7,12H,8-11H2,1H3,(H,19,20). The lowest BCUT2D eigenvalue weighted by atomic mass is 10.2. The van der Waals surface area contributed by atoms with E-state index in [1.54, 1.807) is 25.3 Å². The van der Waals surface area contributed by atoms with Crippen molar-refractivity contribution in [3.63, 3.8) is 0 Å². The van der Waals surface area contributed by atoms with Gasteiger partial charge in [-0.1, -0.05) is 12.1 Å². The number of benzene rings is 2. The number of amides is 1. The van der Waals surface area contributed by atoms with E-state index in [1.807, 2.05) is 24.3 Å². The van der Waals surface area contributed by atoms with Gasteiger partial charge in [-0.15, -0.1) is 0 Å². The number of fused-ring (bicyclic) bond motifs is 1. The number of methoxy groups -OCH3 is 1. The van der Waals surface area contributed by atoms with Crippen molar-refractivity contribution in [3.05, 3.63) is 48.0 Å². The maximum Gasteiger partial charge on any atom is 0.251 e. The second kappa shape index (κ2) is 7.59. The molecule has 24 heavy (non-hydrogen) atoms. The molecule has 6 nitrogen and oxygen atoms in total. The van der Waals surface area contributed by atoms with Crippen LogP contribution in [0.15, 0.2) is 42.5 Å². The predicted octanol–water partition coefficient (Wildman–Crippen LogP) is 2.28. The number of hydrogen-bond donors (Lipinski definition) is 1. The Morgan fingerprint density at radius 3 is 2.62 bits per heavy atom. The lowest BCUT2D eigenvalue weighted by molar-refractivity contribution is 0.0945. The smallest absolute Gasteiger partial charge is 0.251 e. The topological polar surface area (TPSA) is 66.0 Å². The van der Waals surface area contributed by atoms with Crippen LogP contribution in [0.4, 0.5) is 0 Å². The highest BCUT2D eigenvalue weighted by Gasteiger charge is 2.14. The van der Waals surface area contributed by atoms with E-state index in [2.05, 4.69) is 5.32 Å². The summed E-state index contributed by atoms with van der Waals surface area (Å²) in [5.41, 5.74) is 0.525. The van der Waals surface area contributed by atoms with Crippen molar-refractivity contribution in [1.82, 2.24) is 5.32 Å². The predicted molar refractivity (Wildman–Crippen MR) is 88.3 cm³/mol. The summed E-state index contributed by atoms with van der Waals surface area (Å²) >= 11 is 0. The van der Waals surface area contributed by atoms with Crippen molar-refractivity contribution in [3.8, 4) is 23.0 Å². The van der Waals surface area contributed by atoms with Gasteiger partial charge in [0.2, 0.25) is 0 Å². The van der Waals surface area contributed by atoms with Gasteiger partial charge in [0.05, 0.1) is 13.7 Å². The molecule has 0 spiro atoms. The number of para-hydroxylation sites is 2. The van der Waals surface area contributed by atoms with Crippen LogP contribution in [0.25, 0.3) is 0 Å². The Bertz CT molecular complexity index is 716. The largest absolute Gasteiger partial charge is 0.493 e. The van der Waals surface area contributed by atoms with Crippen LogP contribution >= 0.6 is 0 Å². The zero-order valence-electron chi connectivity index (χ0n) is 13.4. The van der Waals surface area contributed by atoms with Crippen molar-refractivity contribution in [1.29, 1.82) is 0 Å². The fraction of sp³-hybridized carbons (Fsp3) is 0.278. The quantitative estimate of drug-likeness (QED) is 0.824. The Hall–Kier alpha value is -2.89. The van der Waals surface area contributed by atoms with Gasteiger partial charge in [0.1, 0.15) is 19.8 Å². The van der Waals surface area contributed by atoms with Crippen LogP contribution in [-0.2, 0) is 0 Å². The molecule has 0 atom stereocenters. The third-order valence-electron chi connectivity index (χ3n) is 3.52. The van der Waals surface area contributed by atoms with Gasteiger partial charge in [0.25, 0.3) is 5.91 Å². The fourth-order valence-electron chi connectivity index (χ4n) is 2.35. The molecule has 0 saturated carbocycles. The Balaban J connectivity index is 1.51. The first-order valence-corrected chi connectivity index (χ1v) is 7.71. The van der Waals surface area contributed by atoms with Crippen molar-refractivity contribution < 1.29 is 23.7 Å². The van der Waals surface area contributed by atoms with Gasteiger partial charge in [-0.05, 0) is 30.3 Å². The molecule has 1 aliphatic heterocycles. The molecule has 1 heterocycles. The molecule has 2 aromatic rings. The molecule has 0 radical (unpaired) electrons. The van der Waals surface area contributed by atoms with E-state index < -0.39 is 0 Å². The molecule has 126 valence electrons. The van der Waals surface area contributed by atoms with Crippen LogP contribution in [0.3, 0.4) is 0 Å². The average Bonchev–Trinajstić information content (AvgIpc) is 2.65. The summed E-state index contributed by atoms with van der Waals surface area (Å²) in [5, 5.41) is 2.81. The number of carbonyl (C=O) groups is 1. The van der Waals surface area contributed by atoms with E-state index >= 15 is 0 Å². The Morgan fingerprint density at radius 1 is 1.08 bits per heavy atom. The van der Waals surface area contributed by atoms with E-state index in [1.165, 1.54) is 0 Å². The molecule has 6 heteroatoms. The van der Waals surface area contributed by atoms with Crippen LogP contribution in [0.5, 0.6) is 23.0 Å². The Labute approximate surface area is 140 Å². The summed E-state index contributed by atoms with van der Waals surface area (Å²) in [6.45, 7) is 1.74. The van der Waals surface area contributed by atoms with E-state index in [9.17, 15) is 4.79 Å². The molecule has 0 saturated heterocycles. The zero-order chi connectivity index (χ0) is 16.8. The minimum Gasteiger partial charge on any atom is -0.493 e. The molecule has 2 aromatic carbocycles. The van der Waals surface area contributed by atoms with Crippen molar-refractivity contribution >= 4 is 5.91 Å². The minimum absolute atomic E-state index is 0.185. The van der Waals surface area contributed by atoms with Crippen molar-refractivity contribution in [2.45, 2.75) is 0 Å². The summed E-state index contributed by atoms with van der Waals surface area (Å²) in [5.74, 6) is 2.39. The highest BCUT2D eigenvalue weighted by Crippen LogP contribution is 2.30. The highest BCUT2D eigenvalue weighted by atomic mass is 16.6. The maximum absolute atomic E-state index is 12.2. The summed E-state index contributed by atoms with van der Waals surface area (Å²) in [6, 6.07) is 12.5. The molecule has 0 unspecified atom stereocenters. The molecule has 1 aliphatic rings. The number of ether oxygens (including phenoxy) is 4. The molecule has 3 rings (SSSR count). The zero-order valence-corrected chi connectivity index (χ0v) is 13.4. The van der Waals surface area contributed by atoms with Gasteiger partial charge in [0.15, 0.2) is 23.0 Å². The molecule has 0 aromatic heterocycles. The van der Waals surface area contributed by atoms with E-state index in [0.29, 0.717) is 54.9 Å². The van der Waals surface area contributed by atoms with Gasteiger partial charge < -0.3 is 24.3 Å². The van der Waals surface area contributed by atoms with Crippen LogP contribution in [0.1, 0.15) is 10.4 Å². The van der Waals surface area contributed by atoms with Crippen molar-refractivity contribution in [2.75, 3.05) is 33.5 Å². The summed E-state index contributed by atoms with van der Waals surface area (Å²) in [7, 11) is 1.59. The van der Waals surface area contributed by atoms with Crippen molar-refractivity contribution in [2.24, 2.45) is 0 Å². The minimum atomic E-state index is -0.185. The molecular weight excluding hydrogens is 310 g/mol. The van der Waals surface area contributed by atoms with Gasteiger partial charge in [0, 0.05) is 5.56 Å². The van der Waals surface area contributed by atoms with E-state index in [-0.39, 0.29) is 5.91 Å².